The Labute approximate surface area is 134 Å². The van der Waals surface area contributed by atoms with Gasteiger partial charge in [0.1, 0.15) is 11.6 Å². The Kier molecular flexibility index (Phi) is 4.33. The molecule has 0 aliphatic heterocycles. The number of pyridine rings is 1. The summed E-state index contributed by atoms with van der Waals surface area (Å²) in [5.74, 6) is 2.03. The highest BCUT2D eigenvalue weighted by atomic mass is 16.5. The Bertz CT molecular complexity index is 792. The number of ether oxygens (including phenoxy) is 1. The van der Waals surface area contributed by atoms with Gasteiger partial charge in [0.25, 0.3) is 0 Å². The SMILES string of the molecule is CNc1nc(Nc2cccc(OC)c2)cc(-c2ccncc2)n1. The topological polar surface area (TPSA) is 72.0 Å². The van der Waals surface area contributed by atoms with Crippen LogP contribution < -0.4 is 15.4 Å². The van der Waals surface area contributed by atoms with Crippen LogP contribution in [0.5, 0.6) is 5.75 Å². The molecule has 2 N–H and O–H groups in total. The first-order valence-corrected chi connectivity index (χ1v) is 7.17. The van der Waals surface area contributed by atoms with Crippen molar-refractivity contribution in [3.05, 3.63) is 54.9 Å². The summed E-state index contributed by atoms with van der Waals surface area (Å²) >= 11 is 0. The van der Waals surface area contributed by atoms with Crippen molar-refractivity contribution in [2.75, 3.05) is 24.8 Å². The van der Waals surface area contributed by atoms with Crippen LogP contribution in [0.1, 0.15) is 0 Å². The third-order valence-electron chi connectivity index (χ3n) is 3.27. The summed E-state index contributed by atoms with van der Waals surface area (Å²) < 4.78 is 5.24. The minimum atomic E-state index is 0.546. The smallest absolute Gasteiger partial charge is 0.224 e. The van der Waals surface area contributed by atoms with Crippen molar-refractivity contribution in [1.29, 1.82) is 0 Å². The van der Waals surface area contributed by atoms with Gasteiger partial charge in [-0.1, -0.05) is 6.07 Å². The third kappa shape index (κ3) is 3.55. The van der Waals surface area contributed by atoms with E-state index in [0.717, 1.165) is 22.7 Å². The zero-order valence-corrected chi connectivity index (χ0v) is 12.9. The number of aromatic nitrogens is 3. The molecule has 0 spiro atoms. The van der Waals surface area contributed by atoms with Gasteiger partial charge in [0.15, 0.2) is 0 Å². The molecule has 0 fully saturated rings. The van der Waals surface area contributed by atoms with Crippen molar-refractivity contribution in [3.63, 3.8) is 0 Å². The van der Waals surface area contributed by atoms with E-state index in [4.69, 9.17) is 4.74 Å². The lowest BCUT2D eigenvalue weighted by atomic mass is 10.2. The lowest BCUT2D eigenvalue weighted by Gasteiger charge is -2.10. The van der Waals surface area contributed by atoms with E-state index in [-0.39, 0.29) is 0 Å². The van der Waals surface area contributed by atoms with E-state index in [1.165, 1.54) is 0 Å². The molecule has 116 valence electrons. The van der Waals surface area contributed by atoms with E-state index in [0.29, 0.717) is 11.8 Å². The lowest BCUT2D eigenvalue weighted by Crippen LogP contribution is -2.02. The quantitative estimate of drug-likeness (QED) is 0.753. The van der Waals surface area contributed by atoms with Gasteiger partial charge in [-0.3, -0.25) is 4.98 Å². The molecule has 3 rings (SSSR count). The molecule has 0 bridgehead atoms. The maximum absolute atomic E-state index is 5.24. The molecular weight excluding hydrogens is 290 g/mol. The molecule has 0 radical (unpaired) electrons. The Morgan fingerprint density at radius 3 is 2.57 bits per heavy atom. The zero-order valence-electron chi connectivity index (χ0n) is 12.9. The van der Waals surface area contributed by atoms with Crippen molar-refractivity contribution >= 4 is 17.5 Å². The summed E-state index contributed by atoms with van der Waals surface area (Å²) in [7, 11) is 3.44. The fourth-order valence-corrected chi connectivity index (χ4v) is 2.14. The second kappa shape index (κ2) is 6.74. The van der Waals surface area contributed by atoms with E-state index >= 15 is 0 Å². The highest BCUT2D eigenvalue weighted by Crippen LogP contribution is 2.24. The van der Waals surface area contributed by atoms with Gasteiger partial charge in [-0.05, 0) is 24.3 Å². The van der Waals surface area contributed by atoms with Gasteiger partial charge in [-0.15, -0.1) is 0 Å². The summed E-state index contributed by atoms with van der Waals surface area (Å²) in [6, 6.07) is 13.4. The number of methoxy groups -OCH3 is 1. The van der Waals surface area contributed by atoms with Crippen LogP contribution >= 0.6 is 0 Å². The predicted molar refractivity (Wildman–Crippen MR) is 91.1 cm³/mol. The van der Waals surface area contributed by atoms with Crippen molar-refractivity contribution in [1.82, 2.24) is 15.0 Å². The zero-order chi connectivity index (χ0) is 16.1. The highest BCUT2D eigenvalue weighted by Gasteiger charge is 2.06. The first-order chi connectivity index (χ1) is 11.3. The monoisotopic (exact) mass is 307 g/mol. The van der Waals surface area contributed by atoms with Crippen molar-refractivity contribution in [3.8, 4) is 17.0 Å². The van der Waals surface area contributed by atoms with Crippen molar-refractivity contribution in [2.45, 2.75) is 0 Å². The molecule has 3 aromatic rings. The van der Waals surface area contributed by atoms with Crippen molar-refractivity contribution < 1.29 is 4.74 Å². The largest absolute Gasteiger partial charge is 0.497 e. The van der Waals surface area contributed by atoms with Crippen molar-refractivity contribution in [2.24, 2.45) is 0 Å². The number of anilines is 3. The van der Waals surface area contributed by atoms with Gasteiger partial charge in [0.05, 0.1) is 12.8 Å². The molecule has 0 aliphatic carbocycles. The van der Waals surface area contributed by atoms with Gasteiger partial charge >= 0.3 is 0 Å². The first kappa shape index (κ1) is 14.8. The van der Waals surface area contributed by atoms with E-state index in [2.05, 4.69) is 25.6 Å². The molecule has 6 heteroatoms. The lowest BCUT2D eigenvalue weighted by molar-refractivity contribution is 0.415. The molecule has 2 heterocycles. The summed E-state index contributed by atoms with van der Waals surface area (Å²) in [5, 5.41) is 6.26. The molecular formula is C17H17N5O. The summed E-state index contributed by atoms with van der Waals surface area (Å²) in [4.78, 5) is 13.0. The normalized spacial score (nSPS) is 10.2. The van der Waals surface area contributed by atoms with Crippen LogP contribution in [0.15, 0.2) is 54.9 Å². The number of rotatable bonds is 5. The van der Waals surface area contributed by atoms with Gasteiger partial charge in [-0.25, -0.2) is 4.98 Å². The van der Waals surface area contributed by atoms with E-state index in [1.54, 1.807) is 26.6 Å². The molecule has 2 aromatic heterocycles. The minimum Gasteiger partial charge on any atom is -0.497 e. The highest BCUT2D eigenvalue weighted by molar-refractivity contribution is 5.67. The molecule has 0 saturated heterocycles. The Morgan fingerprint density at radius 1 is 1.00 bits per heavy atom. The number of benzene rings is 1. The van der Waals surface area contributed by atoms with Crippen LogP contribution in [0.2, 0.25) is 0 Å². The minimum absolute atomic E-state index is 0.546. The van der Waals surface area contributed by atoms with Crippen LogP contribution in [-0.2, 0) is 0 Å². The standard InChI is InChI=1S/C17H17N5O/c1-18-17-21-15(12-6-8-19-9-7-12)11-16(22-17)20-13-4-3-5-14(10-13)23-2/h3-11H,1-2H3,(H2,18,20,21,22). The van der Waals surface area contributed by atoms with E-state index < -0.39 is 0 Å². The number of nitrogens with one attached hydrogen (secondary N) is 2. The number of nitrogens with zero attached hydrogens (tertiary/aromatic N) is 3. The average Bonchev–Trinajstić information content (AvgIpc) is 2.62. The molecule has 1 aromatic carbocycles. The molecule has 0 amide bonds. The molecule has 0 aliphatic rings. The van der Waals surface area contributed by atoms with Crippen LogP contribution in [0.3, 0.4) is 0 Å². The predicted octanol–water partition coefficient (Wildman–Crippen LogP) is 3.33. The Morgan fingerprint density at radius 2 is 1.83 bits per heavy atom. The maximum atomic E-state index is 5.24. The first-order valence-electron chi connectivity index (χ1n) is 7.17. The van der Waals surface area contributed by atoms with Crippen LogP contribution in [0.25, 0.3) is 11.3 Å². The molecule has 23 heavy (non-hydrogen) atoms. The summed E-state index contributed by atoms with van der Waals surface area (Å²) in [6.45, 7) is 0. The second-order valence-electron chi connectivity index (χ2n) is 4.80. The fraction of sp³-hybridized carbons (Fsp3) is 0.118. The second-order valence-corrected chi connectivity index (χ2v) is 4.80. The Balaban J connectivity index is 1.95. The average molecular weight is 307 g/mol. The Hall–Kier alpha value is -3.15. The third-order valence-corrected chi connectivity index (χ3v) is 3.27. The van der Waals surface area contributed by atoms with E-state index in [1.807, 2.05) is 42.5 Å². The molecule has 6 nitrogen and oxygen atoms in total. The van der Waals surface area contributed by atoms with Gasteiger partial charge in [-0.2, -0.15) is 4.98 Å². The fourth-order valence-electron chi connectivity index (χ4n) is 2.14. The number of hydrogen-bond donors (Lipinski definition) is 2. The van der Waals surface area contributed by atoms with Crippen LogP contribution in [-0.4, -0.2) is 29.1 Å². The molecule has 0 unspecified atom stereocenters. The molecule has 0 saturated carbocycles. The van der Waals surface area contributed by atoms with Gasteiger partial charge in [0, 0.05) is 42.8 Å². The van der Waals surface area contributed by atoms with E-state index in [9.17, 15) is 0 Å². The van der Waals surface area contributed by atoms with Gasteiger partial charge < -0.3 is 15.4 Å². The van der Waals surface area contributed by atoms with Crippen LogP contribution in [0.4, 0.5) is 17.5 Å². The summed E-state index contributed by atoms with van der Waals surface area (Å²) in [6.07, 6.45) is 3.48. The molecule has 0 atom stereocenters. The van der Waals surface area contributed by atoms with Gasteiger partial charge in [0.2, 0.25) is 5.95 Å². The number of hydrogen-bond acceptors (Lipinski definition) is 6. The summed E-state index contributed by atoms with van der Waals surface area (Å²) in [5.41, 5.74) is 2.69. The van der Waals surface area contributed by atoms with Crippen LogP contribution in [0, 0.1) is 0 Å². The maximum Gasteiger partial charge on any atom is 0.224 e.